The van der Waals surface area contributed by atoms with Gasteiger partial charge in [-0.3, -0.25) is 9.59 Å². The Bertz CT molecular complexity index is 1150. The molecule has 1 aromatic heterocycles. The second-order valence-electron chi connectivity index (χ2n) is 8.42. The molecule has 3 aromatic rings. The van der Waals surface area contributed by atoms with Crippen LogP contribution in [-0.2, 0) is 22.5 Å². The number of furan rings is 1. The van der Waals surface area contributed by atoms with Gasteiger partial charge in [-0.1, -0.05) is 23.7 Å². The predicted octanol–water partition coefficient (Wildman–Crippen LogP) is 4.70. The molecule has 2 amide bonds. The van der Waals surface area contributed by atoms with Crippen LogP contribution in [0, 0.1) is 0 Å². The molecule has 3 rings (SSSR count). The Balaban J connectivity index is 1.77. The molecule has 198 valence electrons. The van der Waals surface area contributed by atoms with Gasteiger partial charge in [0.25, 0.3) is 5.91 Å². The second-order valence-corrected chi connectivity index (χ2v) is 8.85. The molecule has 0 spiro atoms. The highest BCUT2D eigenvalue weighted by molar-refractivity contribution is 6.31. The Labute approximate surface area is 222 Å². The summed E-state index contributed by atoms with van der Waals surface area (Å²) in [6.45, 7) is 1.47. The number of ether oxygens (including phenoxy) is 3. The van der Waals surface area contributed by atoms with E-state index >= 15 is 0 Å². The molecule has 0 aliphatic heterocycles. The van der Waals surface area contributed by atoms with E-state index in [1.54, 1.807) is 67.7 Å². The number of nitrogens with zero attached hydrogens (tertiary/aromatic N) is 2. The van der Waals surface area contributed by atoms with E-state index < -0.39 is 0 Å². The molecule has 2 aromatic carbocycles. The summed E-state index contributed by atoms with van der Waals surface area (Å²) >= 11 is 6.10. The third-order valence-corrected chi connectivity index (χ3v) is 6.09. The average Bonchev–Trinajstić information content (AvgIpc) is 3.43. The Kier molecular flexibility index (Phi) is 10.9. The lowest BCUT2D eigenvalue weighted by molar-refractivity contribution is -0.132. The lowest BCUT2D eigenvalue weighted by atomic mass is 10.1. The molecule has 0 N–H and O–H groups in total. The molecule has 0 aliphatic carbocycles. The van der Waals surface area contributed by atoms with Gasteiger partial charge < -0.3 is 28.4 Å². The summed E-state index contributed by atoms with van der Waals surface area (Å²) in [7, 11) is 4.78. The highest BCUT2D eigenvalue weighted by Gasteiger charge is 2.23. The molecule has 0 saturated carbocycles. The monoisotopic (exact) mass is 528 g/mol. The Morgan fingerprint density at radius 1 is 0.919 bits per heavy atom. The number of carbonyl (C=O) groups is 2. The number of benzene rings is 2. The van der Waals surface area contributed by atoms with Crippen LogP contribution in [0.5, 0.6) is 11.5 Å². The predicted molar refractivity (Wildman–Crippen MR) is 141 cm³/mol. The van der Waals surface area contributed by atoms with Gasteiger partial charge in [0.05, 0.1) is 27.0 Å². The van der Waals surface area contributed by atoms with Crippen LogP contribution in [0.2, 0.25) is 5.02 Å². The van der Waals surface area contributed by atoms with Crippen molar-refractivity contribution in [2.24, 2.45) is 0 Å². The van der Waals surface area contributed by atoms with Crippen LogP contribution in [0.25, 0.3) is 0 Å². The van der Waals surface area contributed by atoms with Crippen molar-refractivity contribution in [1.29, 1.82) is 0 Å². The zero-order valence-corrected chi connectivity index (χ0v) is 22.2. The molecular formula is C28H33ClN2O6. The third-order valence-electron chi connectivity index (χ3n) is 5.86. The summed E-state index contributed by atoms with van der Waals surface area (Å²) in [5.74, 6) is 1.48. The van der Waals surface area contributed by atoms with E-state index in [1.807, 2.05) is 24.3 Å². The van der Waals surface area contributed by atoms with Gasteiger partial charge in [-0.05, 0) is 60.9 Å². The number of carbonyl (C=O) groups excluding carboxylic acids is 2. The maximum Gasteiger partial charge on any atom is 0.254 e. The van der Waals surface area contributed by atoms with Crippen molar-refractivity contribution in [3.05, 3.63) is 82.8 Å². The quantitative estimate of drug-likeness (QED) is 0.282. The Hall–Kier alpha value is -3.49. The SMILES string of the molecule is COCCCN(CC(=O)N(CCc1ccc(OC)c(OC)c1)Cc1ccco1)C(=O)c1cccc(Cl)c1. The minimum Gasteiger partial charge on any atom is -0.493 e. The van der Waals surface area contributed by atoms with E-state index in [1.165, 1.54) is 0 Å². The standard InChI is InChI=1S/C28H33ClN2O6/c1-34-15-6-13-31(28(33)22-7-4-8-23(29)18-22)20-27(32)30(19-24-9-5-16-37-24)14-12-21-10-11-25(35-2)26(17-21)36-3/h4-5,7-11,16-18H,6,12-15,19-20H2,1-3H3. The highest BCUT2D eigenvalue weighted by atomic mass is 35.5. The van der Waals surface area contributed by atoms with Gasteiger partial charge in [-0.15, -0.1) is 0 Å². The number of hydrogen-bond acceptors (Lipinski definition) is 6. The smallest absolute Gasteiger partial charge is 0.254 e. The lowest BCUT2D eigenvalue weighted by Gasteiger charge is -2.27. The Morgan fingerprint density at radius 2 is 1.73 bits per heavy atom. The zero-order chi connectivity index (χ0) is 26.6. The summed E-state index contributed by atoms with van der Waals surface area (Å²) in [4.78, 5) is 30.1. The van der Waals surface area contributed by atoms with Gasteiger partial charge in [-0.2, -0.15) is 0 Å². The Morgan fingerprint density at radius 3 is 2.41 bits per heavy atom. The summed E-state index contributed by atoms with van der Waals surface area (Å²) in [5.41, 5.74) is 1.42. The fraction of sp³-hybridized carbons (Fsp3) is 0.357. The minimum atomic E-state index is -0.259. The fourth-order valence-electron chi connectivity index (χ4n) is 3.90. The van der Waals surface area contributed by atoms with Gasteiger partial charge in [0.15, 0.2) is 11.5 Å². The van der Waals surface area contributed by atoms with Gasteiger partial charge in [0.1, 0.15) is 12.3 Å². The first-order valence-electron chi connectivity index (χ1n) is 12.0. The van der Waals surface area contributed by atoms with Crippen LogP contribution in [0.1, 0.15) is 28.1 Å². The van der Waals surface area contributed by atoms with Crippen LogP contribution >= 0.6 is 11.6 Å². The van der Waals surface area contributed by atoms with Gasteiger partial charge in [0, 0.05) is 37.4 Å². The molecule has 0 fully saturated rings. The molecule has 9 heteroatoms. The van der Waals surface area contributed by atoms with Crippen LogP contribution in [0.15, 0.2) is 65.3 Å². The lowest BCUT2D eigenvalue weighted by Crippen LogP contribution is -2.44. The molecule has 1 heterocycles. The number of rotatable bonds is 14. The first-order valence-corrected chi connectivity index (χ1v) is 12.4. The van der Waals surface area contributed by atoms with Crippen LogP contribution in [0.3, 0.4) is 0 Å². The van der Waals surface area contributed by atoms with E-state index in [0.717, 1.165) is 5.56 Å². The van der Waals surface area contributed by atoms with Crippen molar-refractivity contribution in [1.82, 2.24) is 9.80 Å². The highest BCUT2D eigenvalue weighted by Crippen LogP contribution is 2.28. The first-order chi connectivity index (χ1) is 17.9. The first kappa shape index (κ1) is 28.1. The molecule has 0 radical (unpaired) electrons. The maximum atomic E-state index is 13.5. The molecule has 0 unspecified atom stereocenters. The summed E-state index contributed by atoms with van der Waals surface area (Å²) in [5, 5.41) is 0.461. The van der Waals surface area contributed by atoms with E-state index in [2.05, 4.69) is 0 Å². The van der Waals surface area contributed by atoms with Gasteiger partial charge in [-0.25, -0.2) is 0 Å². The maximum absolute atomic E-state index is 13.5. The van der Waals surface area contributed by atoms with Gasteiger partial charge in [0.2, 0.25) is 5.91 Å². The number of methoxy groups -OCH3 is 3. The van der Waals surface area contributed by atoms with Gasteiger partial charge >= 0.3 is 0 Å². The summed E-state index contributed by atoms with van der Waals surface area (Å²) < 4.78 is 21.4. The van der Waals surface area contributed by atoms with Crippen molar-refractivity contribution in [3.63, 3.8) is 0 Å². The zero-order valence-electron chi connectivity index (χ0n) is 21.4. The second kappa shape index (κ2) is 14.3. The average molecular weight is 529 g/mol. The molecule has 8 nitrogen and oxygen atoms in total. The third kappa shape index (κ3) is 8.27. The van der Waals surface area contributed by atoms with Crippen LogP contribution < -0.4 is 9.47 Å². The van der Waals surface area contributed by atoms with Crippen LogP contribution in [0.4, 0.5) is 0 Å². The number of hydrogen-bond donors (Lipinski definition) is 0. The van der Waals surface area contributed by atoms with E-state index in [0.29, 0.717) is 60.4 Å². The molecule has 0 aliphatic rings. The topological polar surface area (TPSA) is 81.5 Å². The van der Waals surface area contributed by atoms with E-state index in [4.69, 9.17) is 30.2 Å². The molecule has 37 heavy (non-hydrogen) atoms. The van der Waals surface area contributed by atoms with E-state index in [9.17, 15) is 9.59 Å². The van der Waals surface area contributed by atoms with Crippen molar-refractivity contribution in [3.8, 4) is 11.5 Å². The van der Waals surface area contributed by atoms with E-state index in [-0.39, 0.29) is 24.9 Å². The van der Waals surface area contributed by atoms with Crippen LogP contribution in [-0.4, -0.2) is 69.2 Å². The fourth-order valence-corrected chi connectivity index (χ4v) is 4.09. The molecular weight excluding hydrogens is 496 g/mol. The number of amides is 2. The molecule has 0 atom stereocenters. The van der Waals surface area contributed by atoms with Crippen molar-refractivity contribution in [2.75, 3.05) is 47.6 Å². The molecule has 0 bridgehead atoms. The normalized spacial score (nSPS) is 10.7. The van der Waals surface area contributed by atoms with Crippen molar-refractivity contribution < 1.29 is 28.2 Å². The largest absolute Gasteiger partial charge is 0.493 e. The minimum absolute atomic E-state index is 0.0816. The summed E-state index contributed by atoms with van der Waals surface area (Å²) in [6.07, 6.45) is 2.75. The summed E-state index contributed by atoms with van der Waals surface area (Å²) in [6, 6.07) is 16.0. The van der Waals surface area contributed by atoms with Crippen molar-refractivity contribution in [2.45, 2.75) is 19.4 Å². The van der Waals surface area contributed by atoms with Crippen molar-refractivity contribution >= 4 is 23.4 Å². The molecule has 0 saturated heterocycles. The number of halogens is 1.